The van der Waals surface area contributed by atoms with Crippen molar-refractivity contribution in [2.24, 2.45) is 5.73 Å². The van der Waals surface area contributed by atoms with E-state index in [2.05, 4.69) is 4.98 Å². The zero-order valence-electron chi connectivity index (χ0n) is 9.91. The number of nitrogens with zero attached hydrogens (tertiary/aromatic N) is 1. The van der Waals surface area contributed by atoms with Gasteiger partial charge in [-0.05, 0) is 24.3 Å². The summed E-state index contributed by atoms with van der Waals surface area (Å²) in [6.45, 7) is 0. The highest BCUT2D eigenvalue weighted by Crippen LogP contribution is 2.31. The molecule has 0 spiro atoms. The van der Waals surface area contributed by atoms with Crippen LogP contribution in [0.2, 0.25) is 0 Å². The van der Waals surface area contributed by atoms with E-state index < -0.39 is 23.6 Å². The van der Waals surface area contributed by atoms with Crippen molar-refractivity contribution in [3.8, 4) is 11.3 Å². The molecule has 20 heavy (non-hydrogen) atoms. The number of nitrogens with two attached hydrogens (primary N) is 1. The van der Waals surface area contributed by atoms with Crippen LogP contribution in [-0.4, -0.2) is 10.9 Å². The molecule has 0 atom stereocenters. The Balaban J connectivity index is 2.67. The Labute approximate surface area is 111 Å². The zero-order chi connectivity index (χ0) is 14.9. The number of benzene rings is 1. The molecule has 104 valence electrons. The van der Waals surface area contributed by atoms with Crippen LogP contribution in [0.15, 0.2) is 36.4 Å². The number of primary amides is 1. The monoisotopic (exact) mass is 284 g/mol. The normalized spacial score (nSPS) is 11.4. The fourth-order valence-corrected chi connectivity index (χ4v) is 1.67. The van der Waals surface area contributed by atoms with Gasteiger partial charge in [-0.15, -0.1) is 0 Å². The molecule has 1 amide bonds. The predicted molar refractivity (Wildman–Crippen MR) is 63.2 cm³/mol. The molecule has 2 rings (SSSR count). The largest absolute Gasteiger partial charge is 0.433 e. The third-order valence-electron chi connectivity index (χ3n) is 2.55. The third-order valence-corrected chi connectivity index (χ3v) is 2.55. The first-order chi connectivity index (χ1) is 9.29. The van der Waals surface area contributed by atoms with Gasteiger partial charge in [-0.25, -0.2) is 9.37 Å². The number of halogens is 4. The second-order valence-corrected chi connectivity index (χ2v) is 3.97. The first kappa shape index (κ1) is 14.0. The van der Waals surface area contributed by atoms with Crippen molar-refractivity contribution in [1.82, 2.24) is 4.98 Å². The quantitative estimate of drug-likeness (QED) is 0.862. The van der Waals surface area contributed by atoms with Gasteiger partial charge in [0, 0.05) is 5.56 Å². The molecule has 0 fully saturated rings. The maximum atomic E-state index is 13.2. The number of hydrogen-bond acceptors (Lipinski definition) is 2. The highest BCUT2D eigenvalue weighted by atomic mass is 19.4. The van der Waals surface area contributed by atoms with Gasteiger partial charge >= 0.3 is 6.18 Å². The summed E-state index contributed by atoms with van der Waals surface area (Å²) >= 11 is 0. The van der Waals surface area contributed by atoms with E-state index in [4.69, 9.17) is 5.73 Å². The van der Waals surface area contributed by atoms with E-state index in [9.17, 15) is 22.4 Å². The number of alkyl halides is 3. The summed E-state index contributed by atoms with van der Waals surface area (Å²) in [7, 11) is 0. The molecule has 0 saturated carbocycles. The molecule has 1 heterocycles. The van der Waals surface area contributed by atoms with Crippen molar-refractivity contribution >= 4 is 5.91 Å². The lowest BCUT2D eigenvalue weighted by Crippen LogP contribution is -2.16. The van der Waals surface area contributed by atoms with E-state index in [1.807, 2.05) is 0 Å². The van der Waals surface area contributed by atoms with Crippen LogP contribution in [0.1, 0.15) is 16.1 Å². The van der Waals surface area contributed by atoms with E-state index in [0.29, 0.717) is 6.07 Å². The van der Waals surface area contributed by atoms with Crippen molar-refractivity contribution in [3.63, 3.8) is 0 Å². The SMILES string of the molecule is NC(=O)c1ccc(C(F)(F)F)nc1-c1cccc(F)c1. The van der Waals surface area contributed by atoms with Gasteiger partial charge in [-0.2, -0.15) is 13.2 Å². The first-order valence-corrected chi connectivity index (χ1v) is 5.43. The molecule has 0 aliphatic carbocycles. The number of hydrogen-bond donors (Lipinski definition) is 1. The minimum atomic E-state index is -4.67. The van der Waals surface area contributed by atoms with Crippen molar-refractivity contribution in [1.29, 1.82) is 0 Å². The van der Waals surface area contributed by atoms with Crippen LogP contribution < -0.4 is 5.73 Å². The highest BCUT2D eigenvalue weighted by molar-refractivity contribution is 5.98. The lowest BCUT2D eigenvalue weighted by molar-refractivity contribution is -0.141. The molecule has 0 bridgehead atoms. The Kier molecular flexibility index (Phi) is 3.44. The Morgan fingerprint density at radius 1 is 1.15 bits per heavy atom. The maximum absolute atomic E-state index is 13.2. The molecule has 2 N–H and O–H groups in total. The summed E-state index contributed by atoms with van der Waals surface area (Å²) in [6, 6.07) is 6.34. The van der Waals surface area contributed by atoms with E-state index in [-0.39, 0.29) is 16.8 Å². The molecule has 3 nitrogen and oxygen atoms in total. The average Bonchev–Trinajstić information content (AvgIpc) is 2.37. The molecule has 0 unspecified atom stereocenters. The standard InChI is InChI=1S/C13H8F4N2O/c14-8-3-1-2-7(6-8)11-9(12(18)20)4-5-10(19-11)13(15,16)17/h1-6H,(H2,18,20). The average molecular weight is 284 g/mol. The van der Waals surface area contributed by atoms with E-state index in [1.54, 1.807) is 0 Å². The third kappa shape index (κ3) is 2.76. The van der Waals surface area contributed by atoms with Crippen LogP contribution in [0.25, 0.3) is 11.3 Å². The van der Waals surface area contributed by atoms with Gasteiger partial charge in [-0.3, -0.25) is 4.79 Å². The number of carbonyl (C=O) groups is 1. The van der Waals surface area contributed by atoms with E-state index in [0.717, 1.165) is 18.2 Å². The summed E-state index contributed by atoms with van der Waals surface area (Å²) < 4.78 is 51.1. The Morgan fingerprint density at radius 3 is 2.40 bits per heavy atom. The zero-order valence-corrected chi connectivity index (χ0v) is 9.91. The Morgan fingerprint density at radius 2 is 1.85 bits per heavy atom. The van der Waals surface area contributed by atoms with Crippen LogP contribution >= 0.6 is 0 Å². The van der Waals surface area contributed by atoms with Gasteiger partial charge in [-0.1, -0.05) is 12.1 Å². The minimum Gasteiger partial charge on any atom is -0.366 e. The smallest absolute Gasteiger partial charge is 0.366 e. The number of rotatable bonds is 2. The molecular formula is C13H8F4N2O. The van der Waals surface area contributed by atoms with E-state index >= 15 is 0 Å². The molecule has 2 aromatic rings. The summed E-state index contributed by atoms with van der Waals surface area (Å²) in [5.74, 6) is -1.59. The highest BCUT2D eigenvalue weighted by Gasteiger charge is 2.33. The second-order valence-electron chi connectivity index (χ2n) is 3.97. The van der Waals surface area contributed by atoms with Crippen molar-refractivity contribution in [2.45, 2.75) is 6.18 Å². The number of amides is 1. The van der Waals surface area contributed by atoms with Crippen molar-refractivity contribution < 1.29 is 22.4 Å². The number of pyridine rings is 1. The van der Waals surface area contributed by atoms with Gasteiger partial charge in [0.05, 0.1) is 11.3 Å². The summed E-state index contributed by atoms with van der Waals surface area (Å²) in [5, 5.41) is 0. The fourth-order valence-electron chi connectivity index (χ4n) is 1.67. The summed E-state index contributed by atoms with van der Waals surface area (Å²) in [6.07, 6.45) is -4.67. The summed E-state index contributed by atoms with van der Waals surface area (Å²) in [5.41, 5.74) is 3.46. The fraction of sp³-hybridized carbons (Fsp3) is 0.0769. The first-order valence-electron chi connectivity index (χ1n) is 5.43. The molecule has 0 aliphatic heterocycles. The van der Waals surface area contributed by atoms with Crippen LogP contribution in [-0.2, 0) is 6.18 Å². The van der Waals surface area contributed by atoms with Gasteiger partial charge in [0.25, 0.3) is 5.91 Å². The van der Waals surface area contributed by atoms with Gasteiger partial charge in [0.1, 0.15) is 11.5 Å². The number of carbonyl (C=O) groups excluding carboxylic acids is 1. The molecular weight excluding hydrogens is 276 g/mol. The lowest BCUT2D eigenvalue weighted by Gasteiger charge is -2.11. The maximum Gasteiger partial charge on any atom is 0.433 e. The Hall–Kier alpha value is -2.44. The molecule has 0 aliphatic rings. The number of aromatic nitrogens is 1. The van der Waals surface area contributed by atoms with Crippen molar-refractivity contribution in [3.05, 3.63) is 53.5 Å². The molecule has 7 heteroatoms. The summed E-state index contributed by atoms with van der Waals surface area (Å²) in [4.78, 5) is 14.6. The van der Waals surface area contributed by atoms with Gasteiger partial charge in [0.2, 0.25) is 0 Å². The molecule has 1 aromatic carbocycles. The van der Waals surface area contributed by atoms with Crippen LogP contribution in [0.3, 0.4) is 0 Å². The van der Waals surface area contributed by atoms with Gasteiger partial charge in [0.15, 0.2) is 0 Å². The van der Waals surface area contributed by atoms with Crippen LogP contribution in [0, 0.1) is 5.82 Å². The second kappa shape index (κ2) is 4.92. The predicted octanol–water partition coefficient (Wildman–Crippen LogP) is 3.01. The van der Waals surface area contributed by atoms with E-state index in [1.165, 1.54) is 12.1 Å². The molecule has 0 radical (unpaired) electrons. The minimum absolute atomic E-state index is 0.0462. The topological polar surface area (TPSA) is 56.0 Å². The molecule has 0 saturated heterocycles. The Bertz CT molecular complexity index is 668. The van der Waals surface area contributed by atoms with Crippen molar-refractivity contribution in [2.75, 3.05) is 0 Å². The van der Waals surface area contributed by atoms with Crippen LogP contribution in [0.5, 0.6) is 0 Å². The lowest BCUT2D eigenvalue weighted by atomic mass is 10.0. The van der Waals surface area contributed by atoms with Crippen LogP contribution in [0.4, 0.5) is 17.6 Å². The van der Waals surface area contributed by atoms with Gasteiger partial charge < -0.3 is 5.73 Å². The molecule has 1 aromatic heterocycles.